The maximum atomic E-state index is 13.2. The molecule has 0 saturated heterocycles. The number of halogens is 2. The molecule has 4 rings (SSSR count). The maximum absolute atomic E-state index is 13.2. The van der Waals surface area contributed by atoms with Crippen molar-refractivity contribution in [2.24, 2.45) is 0 Å². The number of carbonyl (C=O) groups excluding carboxylic acids is 2. The molecule has 0 saturated carbocycles. The zero-order chi connectivity index (χ0) is 22.5. The van der Waals surface area contributed by atoms with Crippen LogP contribution >= 0.6 is 0 Å². The van der Waals surface area contributed by atoms with Gasteiger partial charge in [0.05, 0.1) is 12.2 Å². The number of amides is 3. The van der Waals surface area contributed by atoms with Crippen molar-refractivity contribution in [3.63, 3.8) is 0 Å². The summed E-state index contributed by atoms with van der Waals surface area (Å²) in [5.41, 5.74) is 1.83. The summed E-state index contributed by atoms with van der Waals surface area (Å²) in [6.45, 7) is 0.252. The van der Waals surface area contributed by atoms with Gasteiger partial charge in [-0.1, -0.05) is 24.3 Å². The van der Waals surface area contributed by atoms with Crippen LogP contribution in [0.5, 0.6) is 5.75 Å². The average Bonchev–Trinajstić information content (AvgIpc) is 2.79. The van der Waals surface area contributed by atoms with Crippen LogP contribution in [0.25, 0.3) is 0 Å². The molecule has 1 unspecified atom stereocenters. The minimum atomic E-state index is -0.905. The van der Waals surface area contributed by atoms with Crippen LogP contribution in [0, 0.1) is 11.6 Å². The predicted octanol–water partition coefficient (Wildman–Crippen LogP) is 4.44. The molecule has 1 aliphatic heterocycles. The molecule has 8 heteroatoms. The van der Waals surface area contributed by atoms with E-state index in [1.54, 1.807) is 36.4 Å². The Bertz CT molecular complexity index is 1100. The highest BCUT2D eigenvalue weighted by Gasteiger charge is 2.31. The lowest BCUT2D eigenvalue weighted by atomic mass is 10.1. The first-order chi connectivity index (χ1) is 15.5. The Kier molecular flexibility index (Phi) is 6.30. The molecule has 0 spiro atoms. The fourth-order valence-corrected chi connectivity index (χ4v) is 3.34. The van der Waals surface area contributed by atoms with Crippen LogP contribution in [0.2, 0.25) is 0 Å². The number of carbonyl (C=O) groups is 2. The van der Waals surface area contributed by atoms with E-state index in [-0.39, 0.29) is 24.8 Å². The number of anilines is 2. The van der Waals surface area contributed by atoms with E-state index in [1.807, 2.05) is 0 Å². The molecule has 1 heterocycles. The van der Waals surface area contributed by atoms with Gasteiger partial charge in [-0.25, -0.2) is 13.6 Å². The molecule has 3 aromatic rings. The van der Waals surface area contributed by atoms with Crippen LogP contribution in [-0.2, 0) is 11.2 Å². The molecule has 0 fully saturated rings. The van der Waals surface area contributed by atoms with Crippen molar-refractivity contribution >= 4 is 23.3 Å². The normalized spacial score (nSPS) is 14.7. The van der Waals surface area contributed by atoms with Crippen molar-refractivity contribution in [2.45, 2.75) is 12.5 Å². The Labute approximate surface area is 183 Å². The summed E-state index contributed by atoms with van der Waals surface area (Å²) < 4.78 is 32.2. The number of hydrogen-bond donors (Lipinski definition) is 2. The second-order valence-corrected chi connectivity index (χ2v) is 7.35. The molecule has 0 radical (unpaired) electrons. The van der Waals surface area contributed by atoms with Crippen LogP contribution in [0.4, 0.5) is 25.0 Å². The Morgan fingerprint density at radius 2 is 1.62 bits per heavy atom. The molecule has 6 nitrogen and oxygen atoms in total. The Balaban J connectivity index is 1.49. The first-order valence-electron chi connectivity index (χ1n) is 10.1. The number of urea groups is 1. The third-order valence-corrected chi connectivity index (χ3v) is 5.06. The van der Waals surface area contributed by atoms with Crippen molar-refractivity contribution in [3.05, 3.63) is 90.0 Å². The lowest BCUT2D eigenvalue weighted by molar-refractivity contribution is -0.124. The number of fused-ring (bicyclic) bond motifs is 1. The molecule has 32 heavy (non-hydrogen) atoms. The molecule has 2 N–H and O–H groups in total. The quantitative estimate of drug-likeness (QED) is 0.599. The van der Waals surface area contributed by atoms with E-state index < -0.39 is 18.0 Å². The third-order valence-electron chi connectivity index (χ3n) is 5.06. The summed E-state index contributed by atoms with van der Waals surface area (Å²) >= 11 is 0. The smallest absolute Gasteiger partial charge is 0.321 e. The van der Waals surface area contributed by atoms with Crippen molar-refractivity contribution in [1.29, 1.82) is 0 Å². The molecule has 164 valence electrons. The first kappa shape index (κ1) is 21.3. The van der Waals surface area contributed by atoms with Crippen molar-refractivity contribution < 1.29 is 23.1 Å². The van der Waals surface area contributed by atoms with Crippen molar-refractivity contribution in [1.82, 2.24) is 4.90 Å². The lowest BCUT2D eigenvalue weighted by Crippen LogP contribution is -2.49. The van der Waals surface area contributed by atoms with Gasteiger partial charge in [0.1, 0.15) is 17.4 Å². The number of ether oxygens (including phenoxy) is 1. The summed E-state index contributed by atoms with van der Waals surface area (Å²) in [6, 6.07) is 18.0. The van der Waals surface area contributed by atoms with Gasteiger partial charge in [0.15, 0.2) is 6.10 Å². The van der Waals surface area contributed by atoms with E-state index in [0.717, 1.165) is 5.56 Å². The summed E-state index contributed by atoms with van der Waals surface area (Å²) in [7, 11) is 0. The van der Waals surface area contributed by atoms with Crippen LogP contribution in [0.1, 0.15) is 5.56 Å². The van der Waals surface area contributed by atoms with E-state index in [0.29, 0.717) is 23.5 Å². The number of para-hydroxylation sites is 2. The highest BCUT2D eigenvalue weighted by atomic mass is 19.1. The molecule has 0 bridgehead atoms. The van der Waals surface area contributed by atoms with Gasteiger partial charge < -0.3 is 20.3 Å². The fourth-order valence-electron chi connectivity index (χ4n) is 3.34. The topological polar surface area (TPSA) is 70.7 Å². The fraction of sp³-hybridized carbons (Fsp3) is 0.167. The summed E-state index contributed by atoms with van der Waals surface area (Å²) in [5.74, 6) is -0.590. The number of nitrogens with one attached hydrogen (secondary N) is 2. The highest BCUT2D eigenvalue weighted by molar-refractivity contribution is 5.98. The van der Waals surface area contributed by atoms with Crippen LogP contribution in [0.3, 0.4) is 0 Å². The largest absolute Gasteiger partial charge is 0.477 e. The summed E-state index contributed by atoms with van der Waals surface area (Å²) in [6.07, 6.45) is -0.459. The highest BCUT2D eigenvalue weighted by Crippen LogP contribution is 2.29. The van der Waals surface area contributed by atoms with Crippen LogP contribution in [-0.4, -0.2) is 36.0 Å². The predicted molar refractivity (Wildman–Crippen MR) is 117 cm³/mol. The van der Waals surface area contributed by atoms with Crippen molar-refractivity contribution in [2.75, 3.05) is 23.7 Å². The summed E-state index contributed by atoms with van der Waals surface area (Å²) in [5, 5.41) is 5.50. The minimum absolute atomic E-state index is 0.00557. The van der Waals surface area contributed by atoms with Crippen LogP contribution < -0.4 is 15.4 Å². The number of hydrogen-bond acceptors (Lipinski definition) is 3. The van der Waals surface area contributed by atoms with Gasteiger partial charge in [0, 0.05) is 12.2 Å². The zero-order valence-corrected chi connectivity index (χ0v) is 17.1. The molecule has 0 aliphatic carbocycles. The molecule has 1 atom stereocenters. The molecule has 3 amide bonds. The third kappa shape index (κ3) is 5.21. The molecule has 3 aromatic carbocycles. The second kappa shape index (κ2) is 9.47. The first-order valence-corrected chi connectivity index (χ1v) is 10.1. The maximum Gasteiger partial charge on any atom is 0.321 e. The Hall–Kier alpha value is -3.94. The van der Waals surface area contributed by atoms with Gasteiger partial charge in [-0.05, 0) is 60.5 Å². The Morgan fingerprint density at radius 3 is 2.34 bits per heavy atom. The van der Waals surface area contributed by atoms with E-state index >= 15 is 0 Å². The van der Waals surface area contributed by atoms with Gasteiger partial charge in [0.2, 0.25) is 0 Å². The summed E-state index contributed by atoms with van der Waals surface area (Å²) in [4.78, 5) is 27.0. The number of nitrogens with zero attached hydrogens (tertiary/aromatic N) is 1. The SMILES string of the molecule is O=C1Nc2ccccc2OC1CN(CCc1ccc(F)cc1)C(=O)Nc1ccc(F)cc1. The molecular weight excluding hydrogens is 416 g/mol. The van der Waals surface area contributed by atoms with E-state index in [1.165, 1.54) is 41.3 Å². The minimum Gasteiger partial charge on any atom is -0.477 e. The van der Waals surface area contributed by atoms with Gasteiger partial charge in [0.25, 0.3) is 5.91 Å². The van der Waals surface area contributed by atoms with Gasteiger partial charge in [-0.3, -0.25) is 4.79 Å². The zero-order valence-electron chi connectivity index (χ0n) is 17.1. The van der Waals surface area contributed by atoms with Gasteiger partial charge in [-0.2, -0.15) is 0 Å². The molecule has 1 aliphatic rings. The monoisotopic (exact) mass is 437 g/mol. The van der Waals surface area contributed by atoms with E-state index in [9.17, 15) is 18.4 Å². The van der Waals surface area contributed by atoms with E-state index in [2.05, 4.69) is 10.6 Å². The van der Waals surface area contributed by atoms with Crippen molar-refractivity contribution in [3.8, 4) is 5.75 Å². The van der Waals surface area contributed by atoms with Gasteiger partial charge in [-0.15, -0.1) is 0 Å². The number of benzene rings is 3. The average molecular weight is 437 g/mol. The van der Waals surface area contributed by atoms with E-state index in [4.69, 9.17) is 4.74 Å². The number of rotatable bonds is 6. The molecule has 0 aromatic heterocycles. The standard InChI is InChI=1S/C24H21F2N3O3/c25-17-7-5-16(6-8-17)13-14-29(24(31)27-19-11-9-18(26)10-12-19)15-22-23(30)28-20-3-1-2-4-21(20)32-22/h1-12,22H,13-15H2,(H,27,31)(H,28,30). The van der Waals surface area contributed by atoms with Gasteiger partial charge >= 0.3 is 6.03 Å². The Morgan fingerprint density at radius 1 is 0.969 bits per heavy atom. The lowest BCUT2D eigenvalue weighted by Gasteiger charge is -2.31. The molecular formula is C24H21F2N3O3. The van der Waals surface area contributed by atoms with Crippen LogP contribution in [0.15, 0.2) is 72.8 Å². The second-order valence-electron chi connectivity index (χ2n) is 7.35.